The summed E-state index contributed by atoms with van der Waals surface area (Å²) in [7, 11) is 0. The van der Waals surface area contributed by atoms with Crippen LogP contribution in [-0.2, 0) is 4.79 Å². The highest BCUT2D eigenvalue weighted by atomic mass is 79.9. The summed E-state index contributed by atoms with van der Waals surface area (Å²) in [5.74, 6) is 0. The molecule has 0 aliphatic carbocycles. The molecule has 0 aromatic heterocycles. The minimum atomic E-state index is 0.607. The fourth-order valence-corrected chi connectivity index (χ4v) is 1.23. The number of rotatable bonds is 2. The Bertz CT molecular complexity index is 373. The summed E-state index contributed by atoms with van der Waals surface area (Å²) in [6, 6.07) is 8.99. The van der Waals surface area contributed by atoms with E-state index in [9.17, 15) is 4.79 Å². The van der Waals surface area contributed by atoms with Gasteiger partial charge in [0, 0.05) is 4.48 Å². The number of allylic oxidation sites excluding steroid dienone is 1. The van der Waals surface area contributed by atoms with E-state index >= 15 is 0 Å². The van der Waals surface area contributed by atoms with E-state index in [-0.39, 0.29) is 0 Å². The second-order valence-corrected chi connectivity index (χ2v) is 3.19. The van der Waals surface area contributed by atoms with Crippen LogP contribution in [0.3, 0.4) is 0 Å². The van der Waals surface area contributed by atoms with Gasteiger partial charge in [0.15, 0.2) is 0 Å². The standard InChI is InChI=1S/C10H6BrNO/c11-10(5-6-13)9-3-1-8(7-12)2-4-9/h1-6H/b10-5-. The van der Waals surface area contributed by atoms with Crippen molar-refractivity contribution >= 4 is 26.7 Å². The highest BCUT2D eigenvalue weighted by molar-refractivity contribution is 9.15. The molecule has 0 aliphatic rings. The summed E-state index contributed by atoms with van der Waals surface area (Å²) in [6.07, 6.45) is 2.13. The lowest BCUT2D eigenvalue weighted by atomic mass is 10.1. The Kier molecular flexibility index (Phi) is 3.41. The van der Waals surface area contributed by atoms with Crippen LogP contribution >= 0.6 is 15.9 Å². The molecule has 0 aliphatic heterocycles. The van der Waals surface area contributed by atoms with Gasteiger partial charge >= 0.3 is 0 Å². The van der Waals surface area contributed by atoms with Crippen molar-refractivity contribution in [2.24, 2.45) is 0 Å². The molecule has 0 saturated heterocycles. The number of nitriles is 1. The highest BCUT2D eigenvalue weighted by Crippen LogP contribution is 2.20. The molecular weight excluding hydrogens is 230 g/mol. The molecule has 0 N–H and O–H groups in total. The van der Waals surface area contributed by atoms with E-state index in [1.807, 2.05) is 6.07 Å². The van der Waals surface area contributed by atoms with Crippen LogP contribution in [0.25, 0.3) is 4.48 Å². The van der Waals surface area contributed by atoms with Gasteiger partial charge < -0.3 is 0 Å². The van der Waals surface area contributed by atoms with Crippen LogP contribution in [0, 0.1) is 11.3 Å². The molecule has 0 amide bonds. The lowest BCUT2D eigenvalue weighted by Gasteiger charge is -1.96. The zero-order valence-electron chi connectivity index (χ0n) is 6.70. The van der Waals surface area contributed by atoms with Gasteiger partial charge in [0.25, 0.3) is 0 Å². The maximum Gasteiger partial charge on any atom is 0.143 e. The maximum absolute atomic E-state index is 10.2. The molecule has 1 aromatic carbocycles. The summed E-state index contributed by atoms with van der Waals surface area (Å²) in [5, 5.41) is 8.54. The van der Waals surface area contributed by atoms with Gasteiger partial charge in [0.1, 0.15) is 6.29 Å². The molecule has 0 fully saturated rings. The average molecular weight is 236 g/mol. The molecule has 0 bridgehead atoms. The summed E-state index contributed by atoms with van der Waals surface area (Å²) in [5.41, 5.74) is 1.49. The molecule has 0 atom stereocenters. The van der Waals surface area contributed by atoms with Crippen LogP contribution < -0.4 is 0 Å². The lowest BCUT2D eigenvalue weighted by Crippen LogP contribution is -1.78. The SMILES string of the molecule is N#Cc1ccc(/C(Br)=C/C=O)cc1. The minimum Gasteiger partial charge on any atom is -0.299 e. The third-order valence-corrected chi connectivity index (χ3v) is 2.23. The first-order valence-electron chi connectivity index (χ1n) is 3.59. The smallest absolute Gasteiger partial charge is 0.143 e. The molecule has 3 heteroatoms. The molecule has 0 spiro atoms. The third kappa shape index (κ3) is 2.53. The van der Waals surface area contributed by atoms with E-state index in [2.05, 4.69) is 15.9 Å². The molecule has 2 nitrogen and oxygen atoms in total. The summed E-state index contributed by atoms with van der Waals surface area (Å²) in [6.45, 7) is 0. The zero-order chi connectivity index (χ0) is 9.68. The van der Waals surface area contributed by atoms with Crippen molar-refractivity contribution in [3.63, 3.8) is 0 Å². The Morgan fingerprint density at radius 1 is 1.38 bits per heavy atom. The quantitative estimate of drug-likeness (QED) is 0.584. The van der Waals surface area contributed by atoms with Crippen molar-refractivity contribution in [2.75, 3.05) is 0 Å². The fraction of sp³-hybridized carbons (Fsp3) is 0. The molecule has 64 valence electrons. The van der Waals surface area contributed by atoms with Gasteiger partial charge in [-0.25, -0.2) is 0 Å². The van der Waals surface area contributed by atoms with Gasteiger partial charge in [-0.05, 0) is 23.8 Å². The van der Waals surface area contributed by atoms with Crippen molar-refractivity contribution < 1.29 is 4.79 Å². The molecule has 0 saturated carbocycles. The van der Waals surface area contributed by atoms with E-state index in [1.54, 1.807) is 24.3 Å². The van der Waals surface area contributed by atoms with Crippen LogP contribution in [0.15, 0.2) is 30.3 Å². The number of halogens is 1. The maximum atomic E-state index is 10.2. The number of benzene rings is 1. The Morgan fingerprint density at radius 3 is 2.46 bits per heavy atom. The number of carbonyl (C=O) groups excluding carboxylic acids is 1. The monoisotopic (exact) mass is 235 g/mol. The molecule has 0 radical (unpaired) electrons. The van der Waals surface area contributed by atoms with E-state index in [0.717, 1.165) is 5.56 Å². The topological polar surface area (TPSA) is 40.9 Å². The number of hydrogen-bond acceptors (Lipinski definition) is 2. The fourth-order valence-electron chi connectivity index (χ4n) is 0.860. The Hall–Kier alpha value is -1.40. The van der Waals surface area contributed by atoms with E-state index in [4.69, 9.17) is 5.26 Å². The van der Waals surface area contributed by atoms with Gasteiger partial charge in [-0.1, -0.05) is 28.1 Å². The van der Waals surface area contributed by atoms with Gasteiger partial charge in [0.05, 0.1) is 11.6 Å². The predicted molar refractivity (Wildman–Crippen MR) is 54.1 cm³/mol. The van der Waals surface area contributed by atoms with Crippen molar-refractivity contribution in [1.82, 2.24) is 0 Å². The van der Waals surface area contributed by atoms with E-state index in [0.29, 0.717) is 16.3 Å². The van der Waals surface area contributed by atoms with Gasteiger partial charge in [-0.2, -0.15) is 5.26 Å². The third-order valence-electron chi connectivity index (χ3n) is 1.50. The Balaban J connectivity index is 3.00. The molecular formula is C10H6BrNO. The van der Waals surface area contributed by atoms with Gasteiger partial charge in [-0.15, -0.1) is 0 Å². The van der Waals surface area contributed by atoms with Crippen molar-refractivity contribution in [1.29, 1.82) is 5.26 Å². The molecule has 1 aromatic rings. The summed E-state index contributed by atoms with van der Waals surface area (Å²) >= 11 is 3.24. The number of aldehydes is 1. The first-order valence-corrected chi connectivity index (χ1v) is 4.38. The second-order valence-electron chi connectivity index (χ2n) is 2.34. The average Bonchev–Trinajstić information content (AvgIpc) is 2.18. The van der Waals surface area contributed by atoms with Crippen LogP contribution in [0.5, 0.6) is 0 Å². The van der Waals surface area contributed by atoms with Crippen LogP contribution in [-0.4, -0.2) is 6.29 Å². The lowest BCUT2D eigenvalue weighted by molar-refractivity contribution is -0.104. The van der Waals surface area contributed by atoms with Crippen LogP contribution in [0.4, 0.5) is 0 Å². The van der Waals surface area contributed by atoms with E-state index < -0.39 is 0 Å². The Labute approximate surface area is 84.6 Å². The van der Waals surface area contributed by atoms with Crippen molar-refractivity contribution in [2.45, 2.75) is 0 Å². The predicted octanol–water partition coefficient (Wildman–Crippen LogP) is 2.49. The first kappa shape index (κ1) is 9.69. The summed E-state index contributed by atoms with van der Waals surface area (Å²) < 4.78 is 0.715. The molecule has 0 heterocycles. The number of carbonyl (C=O) groups is 1. The molecule has 0 unspecified atom stereocenters. The molecule has 13 heavy (non-hydrogen) atoms. The normalized spacial score (nSPS) is 10.6. The minimum absolute atomic E-state index is 0.607. The second kappa shape index (κ2) is 4.58. The molecule has 1 rings (SSSR count). The number of nitrogens with zero attached hydrogens (tertiary/aromatic N) is 1. The van der Waals surface area contributed by atoms with E-state index in [1.165, 1.54) is 6.08 Å². The van der Waals surface area contributed by atoms with Crippen molar-refractivity contribution in [3.8, 4) is 6.07 Å². The Morgan fingerprint density at radius 2 is 2.00 bits per heavy atom. The number of hydrogen-bond donors (Lipinski definition) is 0. The summed E-state index contributed by atoms with van der Waals surface area (Å²) in [4.78, 5) is 10.2. The largest absolute Gasteiger partial charge is 0.299 e. The van der Waals surface area contributed by atoms with Crippen molar-refractivity contribution in [3.05, 3.63) is 41.5 Å². The first-order chi connectivity index (χ1) is 6.27. The van der Waals surface area contributed by atoms with Crippen LogP contribution in [0.1, 0.15) is 11.1 Å². The van der Waals surface area contributed by atoms with Gasteiger partial charge in [0.2, 0.25) is 0 Å². The van der Waals surface area contributed by atoms with Crippen LogP contribution in [0.2, 0.25) is 0 Å². The highest BCUT2D eigenvalue weighted by Gasteiger charge is 1.96. The van der Waals surface area contributed by atoms with Gasteiger partial charge in [-0.3, -0.25) is 4.79 Å². The zero-order valence-corrected chi connectivity index (χ0v) is 8.28.